The molecule has 1 heteroatoms. The highest BCUT2D eigenvalue weighted by Gasteiger charge is 2.45. The molecule has 0 aromatic heterocycles. The Bertz CT molecular complexity index is 946. The van der Waals surface area contributed by atoms with E-state index < -0.39 is 0 Å². The molecule has 0 amide bonds. The van der Waals surface area contributed by atoms with Crippen LogP contribution in [0.2, 0.25) is 0 Å². The third-order valence-corrected chi connectivity index (χ3v) is 7.61. The van der Waals surface area contributed by atoms with Crippen LogP contribution in [-0.2, 0) is 6.42 Å². The minimum absolute atomic E-state index is 0.245. The normalized spacial score (nSPS) is 25.8. The minimum atomic E-state index is 0.245. The largest absolute Gasteiger partial charge is 0.0836 e. The van der Waals surface area contributed by atoms with Gasteiger partial charge in [-0.15, -0.1) is 0 Å². The van der Waals surface area contributed by atoms with Gasteiger partial charge in [0.25, 0.3) is 0 Å². The van der Waals surface area contributed by atoms with Crippen molar-refractivity contribution >= 4 is 34.2 Å². The zero-order chi connectivity index (χ0) is 17.9. The Labute approximate surface area is 170 Å². The minimum Gasteiger partial charge on any atom is -0.0836 e. The summed E-state index contributed by atoms with van der Waals surface area (Å²) in [5.41, 5.74) is 11.0. The first kappa shape index (κ1) is 16.8. The van der Waals surface area contributed by atoms with Gasteiger partial charge in [0.05, 0.1) is 0 Å². The molecule has 0 N–H and O–H groups in total. The lowest BCUT2D eigenvalue weighted by atomic mass is 9.73. The second kappa shape index (κ2) is 6.09. The second-order valence-electron chi connectivity index (χ2n) is 8.63. The number of aryl methyl sites for hydroxylation is 1. The van der Waals surface area contributed by atoms with Crippen molar-refractivity contribution in [2.45, 2.75) is 46.0 Å². The van der Waals surface area contributed by atoms with Crippen molar-refractivity contribution in [1.82, 2.24) is 0 Å². The Kier molecular flexibility index (Phi) is 3.93. The van der Waals surface area contributed by atoms with E-state index in [4.69, 9.17) is 0 Å². The Morgan fingerprint density at radius 1 is 1.08 bits per heavy atom. The van der Waals surface area contributed by atoms with Gasteiger partial charge >= 0.3 is 0 Å². The van der Waals surface area contributed by atoms with Gasteiger partial charge in [0.1, 0.15) is 0 Å². The third kappa shape index (κ3) is 2.54. The lowest BCUT2D eigenvalue weighted by Gasteiger charge is -2.32. The number of allylic oxidation sites excluding steroid dienone is 9. The summed E-state index contributed by atoms with van der Waals surface area (Å²) in [4.78, 5) is 0. The maximum Gasteiger partial charge on any atom is -0.00223 e. The van der Waals surface area contributed by atoms with Crippen LogP contribution in [0.15, 0.2) is 62.8 Å². The van der Waals surface area contributed by atoms with Gasteiger partial charge in [-0.05, 0) is 109 Å². The topological polar surface area (TPSA) is 0 Å². The SMILES string of the molecule is CC1(C)C2=C(CCC(c3ccc4c(c3)CCC=C4)=C2)C2=CC=C(I)CC21. The van der Waals surface area contributed by atoms with Crippen LogP contribution >= 0.6 is 22.6 Å². The first-order valence-electron chi connectivity index (χ1n) is 9.85. The van der Waals surface area contributed by atoms with Crippen LogP contribution in [-0.4, -0.2) is 0 Å². The van der Waals surface area contributed by atoms with Crippen LogP contribution in [0.1, 0.15) is 56.2 Å². The molecule has 1 aromatic rings. The highest BCUT2D eigenvalue weighted by molar-refractivity contribution is 14.1. The van der Waals surface area contributed by atoms with Gasteiger partial charge in [-0.3, -0.25) is 0 Å². The first-order chi connectivity index (χ1) is 12.5. The lowest BCUT2D eigenvalue weighted by Crippen LogP contribution is -2.23. The molecule has 1 atom stereocenters. The summed E-state index contributed by atoms with van der Waals surface area (Å²) in [6.07, 6.45) is 17.8. The number of benzene rings is 1. The summed E-state index contributed by atoms with van der Waals surface area (Å²) < 4.78 is 1.50. The Morgan fingerprint density at radius 2 is 1.96 bits per heavy atom. The molecule has 132 valence electrons. The van der Waals surface area contributed by atoms with Gasteiger partial charge in [0.15, 0.2) is 0 Å². The summed E-state index contributed by atoms with van der Waals surface area (Å²) in [6.45, 7) is 4.92. The van der Waals surface area contributed by atoms with Crippen molar-refractivity contribution < 1.29 is 0 Å². The molecule has 5 rings (SSSR count). The maximum atomic E-state index is 2.55. The molecule has 4 aliphatic rings. The summed E-state index contributed by atoms with van der Waals surface area (Å²) in [7, 11) is 0. The van der Waals surface area contributed by atoms with E-state index in [0.29, 0.717) is 5.92 Å². The predicted octanol–water partition coefficient (Wildman–Crippen LogP) is 7.42. The van der Waals surface area contributed by atoms with Gasteiger partial charge in [0.2, 0.25) is 0 Å². The summed E-state index contributed by atoms with van der Waals surface area (Å²) in [5.74, 6) is 0.661. The van der Waals surface area contributed by atoms with Crippen molar-refractivity contribution in [2.75, 3.05) is 0 Å². The van der Waals surface area contributed by atoms with E-state index >= 15 is 0 Å². The average Bonchev–Trinajstić information content (AvgIpc) is 2.88. The fourth-order valence-electron chi connectivity index (χ4n) is 5.28. The van der Waals surface area contributed by atoms with Gasteiger partial charge in [-0.25, -0.2) is 0 Å². The average molecular weight is 452 g/mol. The van der Waals surface area contributed by atoms with Crippen molar-refractivity contribution in [1.29, 1.82) is 0 Å². The van der Waals surface area contributed by atoms with Gasteiger partial charge in [0, 0.05) is 0 Å². The molecule has 0 saturated carbocycles. The van der Waals surface area contributed by atoms with E-state index in [9.17, 15) is 0 Å². The highest BCUT2D eigenvalue weighted by atomic mass is 127. The number of hydrogen-bond acceptors (Lipinski definition) is 0. The fourth-order valence-corrected chi connectivity index (χ4v) is 5.90. The van der Waals surface area contributed by atoms with Gasteiger partial charge < -0.3 is 0 Å². The van der Waals surface area contributed by atoms with Crippen LogP contribution in [0.5, 0.6) is 0 Å². The Hall–Kier alpha value is -1.35. The fraction of sp³-hybridized carbons (Fsp3) is 0.360. The standard InChI is InChI=1S/C25H25I/c1-25(2)23-14-19(18-8-7-16-5-3-4-6-17(16)13-18)9-11-21(23)22-12-10-20(26)15-24(22)25/h3,5,7-8,10,12-14,24H,4,6,9,11,15H2,1-2H3. The maximum absolute atomic E-state index is 2.55. The number of fused-ring (bicyclic) bond motifs is 3. The zero-order valence-corrected chi connectivity index (χ0v) is 17.8. The van der Waals surface area contributed by atoms with Crippen molar-refractivity contribution in [3.63, 3.8) is 0 Å². The quantitative estimate of drug-likeness (QED) is 0.389. The zero-order valence-electron chi connectivity index (χ0n) is 15.6. The van der Waals surface area contributed by atoms with Crippen LogP contribution < -0.4 is 0 Å². The Balaban J connectivity index is 1.57. The van der Waals surface area contributed by atoms with E-state index in [1.54, 1.807) is 16.7 Å². The predicted molar refractivity (Wildman–Crippen MR) is 120 cm³/mol. The molecular weight excluding hydrogens is 427 g/mol. The van der Waals surface area contributed by atoms with Gasteiger partial charge in [-0.1, -0.05) is 62.4 Å². The molecule has 0 spiro atoms. The monoisotopic (exact) mass is 452 g/mol. The molecule has 4 aliphatic carbocycles. The van der Waals surface area contributed by atoms with E-state index in [1.165, 1.54) is 57.9 Å². The lowest BCUT2D eigenvalue weighted by molar-refractivity contribution is 0.335. The third-order valence-electron chi connectivity index (χ3n) is 6.81. The molecular formula is C25H25I. The number of hydrogen-bond donors (Lipinski definition) is 0. The molecule has 0 heterocycles. The van der Waals surface area contributed by atoms with E-state index in [-0.39, 0.29) is 5.41 Å². The van der Waals surface area contributed by atoms with Crippen LogP contribution in [0.3, 0.4) is 0 Å². The van der Waals surface area contributed by atoms with Crippen LogP contribution in [0.4, 0.5) is 0 Å². The molecule has 26 heavy (non-hydrogen) atoms. The van der Waals surface area contributed by atoms with E-state index in [1.807, 2.05) is 0 Å². The highest BCUT2D eigenvalue weighted by Crippen LogP contribution is 2.58. The molecule has 1 aromatic carbocycles. The number of rotatable bonds is 1. The molecule has 0 saturated heterocycles. The molecule has 1 unspecified atom stereocenters. The van der Waals surface area contributed by atoms with Crippen molar-refractivity contribution in [2.24, 2.45) is 11.3 Å². The van der Waals surface area contributed by atoms with Crippen LogP contribution in [0.25, 0.3) is 11.6 Å². The van der Waals surface area contributed by atoms with Crippen molar-refractivity contribution in [3.05, 3.63) is 79.5 Å². The summed E-state index contributed by atoms with van der Waals surface area (Å²) in [6, 6.07) is 7.11. The van der Waals surface area contributed by atoms with Crippen LogP contribution in [0, 0.1) is 11.3 Å². The summed E-state index contributed by atoms with van der Waals surface area (Å²) in [5, 5.41) is 0. The molecule has 0 aliphatic heterocycles. The molecule has 0 bridgehead atoms. The summed E-state index contributed by atoms with van der Waals surface area (Å²) >= 11 is 2.51. The van der Waals surface area contributed by atoms with Gasteiger partial charge in [-0.2, -0.15) is 0 Å². The van der Waals surface area contributed by atoms with E-state index in [2.05, 4.69) is 85.0 Å². The van der Waals surface area contributed by atoms with E-state index in [0.717, 1.165) is 0 Å². The van der Waals surface area contributed by atoms with Crippen molar-refractivity contribution in [3.8, 4) is 0 Å². The number of halogens is 1. The molecule has 0 nitrogen and oxygen atoms in total. The Morgan fingerprint density at radius 3 is 2.85 bits per heavy atom. The smallest absolute Gasteiger partial charge is 0.00223 e. The first-order valence-corrected chi connectivity index (χ1v) is 10.9. The molecule has 0 radical (unpaired) electrons. The molecule has 0 fully saturated rings. The second-order valence-corrected chi connectivity index (χ2v) is 10.0.